The first-order valence-electron chi connectivity index (χ1n) is 5.98. The lowest BCUT2D eigenvalue weighted by Crippen LogP contribution is -2.47. The molecule has 94 valence electrons. The summed E-state index contributed by atoms with van der Waals surface area (Å²) in [5.74, 6) is 0.168. The fourth-order valence-electron chi connectivity index (χ4n) is 2.26. The van der Waals surface area contributed by atoms with Crippen LogP contribution in [0.5, 0.6) is 0 Å². The molecule has 1 aromatic heterocycles. The van der Waals surface area contributed by atoms with Gasteiger partial charge in [0.2, 0.25) is 5.91 Å². The third-order valence-corrected chi connectivity index (χ3v) is 3.68. The van der Waals surface area contributed by atoms with Crippen molar-refractivity contribution in [3.05, 3.63) is 34.4 Å². The topological polar surface area (TPSA) is 48.1 Å². The zero-order valence-corrected chi connectivity index (χ0v) is 11.5. The van der Waals surface area contributed by atoms with Crippen LogP contribution in [-0.4, -0.2) is 35.4 Å². The summed E-state index contributed by atoms with van der Waals surface area (Å²) < 4.78 is 1.06. The number of halogens is 1. The molecule has 1 aliphatic heterocycles. The summed E-state index contributed by atoms with van der Waals surface area (Å²) in [6.07, 6.45) is 0. The number of nitrogens with zero attached hydrogens (tertiary/aromatic N) is 1. The molecule has 1 aliphatic rings. The summed E-state index contributed by atoms with van der Waals surface area (Å²) in [7, 11) is 0. The minimum atomic E-state index is 0.168. The molecule has 0 saturated carbocycles. The van der Waals surface area contributed by atoms with Crippen molar-refractivity contribution in [3.8, 4) is 0 Å². The Morgan fingerprint density at radius 1 is 1.33 bits per heavy atom. The average Bonchev–Trinajstić information content (AvgIpc) is 2.73. The maximum atomic E-state index is 11.7. The molecule has 0 unspecified atom stereocenters. The molecule has 0 atom stereocenters. The number of amides is 1. The predicted octanol–water partition coefficient (Wildman–Crippen LogP) is 1.86. The summed E-state index contributed by atoms with van der Waals surface area (Å²) >= 11 is 3.46. The third-order valence-electron chi connectivity index (χ3n) is 3.19. The minimum absolute atomic E-state index is 0.168. The van der Waals surface area contributed by atoms with Gasteiger partial charge in [0.05, 0.1) is 13.1 Å². The number of aromatic amines is 1. The highest BCUT2D eigenvalue weighted by Gasteiger charge is 2.18. The van der Waals surface area contributed by atoms with Gasteiger partial charge in [-0.15, -0.1) is 0 Å². The summed E-state index contributed by atoms with van der Waals surface area (Å²) in [5, 5.41) is 4.25. The summed E-state index contributed by atoms with van der Waals surface area (Å²) in [6.45, 7) is 2.76. The molecule has 5 heteroatoms. The normalized spacial score (nSPS) is 16.5. The van der Waals surface area contributed by atoms with Crippen molar-refractivity contribution in [2.45, 2.75) is 6.54 Å². The first-order valence-corrected chi connectivity index (χ1v) is 6.77. The number of rotatable bonds is 2. The molecular formula is C13H14BrN3O. The number of hydrogen-bond donors (Lipinski definition) is 2. The second kappa shape index (κ2) is 4.74. The van der Waals surface area contributed by atoms with Crippen LogP contribution in [0, 0.1) is 0 Å². The van der Waals surface area contributed by atoms with Gasteiger partial charge in [0.1, 0.15) is 0 Å². The SMILES string of the molecule is O=C1CNCCN1Cc1cc2ccc(Br)cc2[nH]1. The van der Waals surface area contributed by atoms with E-state index in [-0.39, 0.29) is 5.91 Å². The van der Waals surface area contributed by atoms with Crippen LogP contribution in [0.15, 0.2) is 28.7 Å². The lowest BCUT2D eigenvalue weighted by Gasteiger charge is -2.26. The van der Waals surface area contributed by atoms with E-state index in [1.165, 1.54) is 5.39 Å². The highest BCUT2D eigenvalue weighted by Crippen LogP contribution is 2.21. The van der Waals surface area contributed by atoms with Crippen LogP contribution in [0.3, 0.4) is 0 Å². The molecule has 3 rings (SSSR count). The number of benzene rings is 1. The van der Waals surface area contributed by atoms with Crippen LogP contribution in [0.2, 0.25) is 0 Å². The Bertz CT molecular complexity index is 593. The zero-order valence-electron chi connectivity index (χ0n) is 9.87. The van der Waals surface area contributed by atoms with Gasteiger partial charge < -0.3 is 15.2 Å². The molecule has 1 aromatic carbocycles. The Labute approximate surface area is 113 Å². The molecular weight excluding hydrogens is 294 g/mol. The number of carbonyl (C=O) groups is 1. The van der Waals surface area contributed by atoms with Gasteiger partial charge in [-0.25, -0.2) is 0 Å². The molecule has 1 saturated heterocycles. The molecule has 2 N–H and O–H groups in total. The van der Waals surface area contributed by atoms with Crippen LogP contribution in [0.4, 0.5) is 0 Å². The van der Waals surface area contributed by atoms with Crippen molar-refractivity contribution in [1.29, 1.82) is 0 Å². The van der Waals surface area contributed by atoms with Crippen molar-refractivity contribution in [2.24, 2.45) is 0 Å². The van der Waals surface area contributed by atoms with Gasteiger partial charge in [0.25, 0.3) is 0 Å². The van der Waals surface area contributed by atoms with Crippen molar-refractivity contribution in [3.63, 3.8) is 0 Å². The van der Waals surface area contributed by atoms with Crippen LogP contribution in [0.1, 0.15) is 5.69 Å². The number of nitrogens with one attached hydrogen (secondary N) is 2. The highest BCUT2D eigenvalue weighted by molar-refractivity contribution is 9.10. The van der Waals surface area contributed by atoms with E-state index in [9.17, 15) is 4.79 Å². The fraction of sp³-hybridized carbons (Fsp3) is 0.308. The van der Waals surface area contributed by atoms with E-state index >= 15 is 0 Å². The molecule has 4 nitrogen and oxygen atoms in total. The minimum Gasteiger partial charge on any atom is -0.357 e. The smallest absolute Gasteiger partial charge is 0.236 e. The molecule has 1 amide bonds. The maximum Gasteiger partial charge on any atom is 0.236 e. The lowest BCUT2D eigenvalue weighted by atomic mass is 10.2. The van der Waals surface area contributed by atoms with E-state index in [2.05, 4.69) is 44.4 Å². The molecule has 1 fully saturated rings. The van der Waals surface area contributed by atoms with Gasteiger partial charge in [0.15, 0.2) is 0 Å². The fourth-order valence-corrected chi connectivity index (χ4v) is 2.62. The van der Waals surface area contributed by atoms with Gasteiger partial charge in [-0.2, -0.15) is 0 Å². The largest absolute Gasteiger partial charge is 0.357 e. The van der Waals surface area contributed by atoms with Crippen molar-refractivity contribution in [1.82, 2.24) is 15.2 Å². The number of H-pyrrole nitrogens is 1. The first kappa shape index (κ1) is 11.7. The summed E-state index contributed by atoms with van der Waals surface area (Å²) in [4.78, 5) is 17.0. The standard InChI is InChI=1S/C13H14BrN3O/c14-10-2-1-9-5-11(16-12(9)6-10)8-17-4-3-15-7-13(17)18/h1-2,5-6,15-16H,3-4,7-8H2. The second-order valence-corrected chi connectivity index (χ2v) is 5.43. The zero-order chi connectivity index (χ0) is 12.5. The Morgan fingerprint density at radius 2 is 2.22 bits per heavy atom. The van der Waals surface area contributed by atoms with Crippen molar-refractivity contribution < 1.29 is 4.79 Å². The maximum absolute atomic E-state index is 11.7. The molecule has 0 radical (unpaired) electrons. The van der Waals surface area contributed by atoms with Crippen molar-refractivity contribution >= 4 is 32.7 Å². The Kier molecular flexibility index (Phi) is 3.09. The highest BCUT2D eigenvalue weighted by atomic mass is 79.9. The van der Waals surface area contributed by atoms with E-state index in [1.807, 2.05) is 11.0 Å². The molecule has 2 heterocycles. The van der Waals surface area contributed by atoms with Gasteiger partial charge in [-0.1, -0.05) is 22.0 Å². The molecule has 18 heavy (non-hydrogen) atoms. The third kappa shape index (κ3) is 2.28. The van der Waals surface area contributed by atoms with Crippen molar-refractivity contribution in [2.75, 3.05) is 19.6 Å². The van der Waals surface area contributed by atoms with E-state index in [4.69, 9.17) is 0 Å². The Morgan fingerprint density at radius 3 is 3.06 bits per heavy atom. The monoisotopic (exact) mass is 307 g/mol. The average molecular weight is 308 g/mol. The number of piperazine rings is 1. The van der Waals surface area contributed by atoms with E-state index in [0.29, 0.717) is 13.1 Å². The number of carbonyl (C=O) groups excluding carboxylic acids is 1. The molecule has 0 aliphatic carbocycles. The van der Waals surface area contributed by atoms with E-state index in [1.54, 1.807) is 0 Å². The first-order chi connectivity index (χ1) is 8.72. The van der Waals surface area contributed by atoms with E-state index in [0.717, 1.165) is 28.8 Å². The number of hydrogen-bond acceptors (Lipinski definition) is 2. The predicted molar refractivity (Wildman–Crippen MR) is 74.3 cm³/mol. The summed E-state index contributed by atoms with van der Waals surface area (Å²) in [5.41, 5.74) is 2.18. The number of aromatic nitrogens is 1. The molecule has 0 spiro atoms. The molecule has 0 bridgehead atoms. The Hall–Kier alpha value is -1.33. The van der Waals surface area contributed by atoms with Gasteiger partial charge in [-0.3, -0.25) is 4.79 Å². The quantitative estimate of drug-likeness (QED) is 0.890. The van der Waals surface area contributed by atoms with Crippen LogP contribution < -0.4 is 5.32 Å². The van der Waals surface area contributed by atoms with Crippen LogP contribution >= 0.6 is 15.9 Å². The second-order valence-electron chi connectivity index (χ2n) is 4.52. The summed E-state index contributed by atoms with van der Waals surface area (Å²) in [6, 6.07) is 8.25. The number of fused-ring (bicyclic) bond motifs is 1. The van der Waals surface area contributed by atoms with E-state index < -0.39 is 0 Å². The van der Waals surface area contributed by atoms with Gasteiger partial charge in [0, 0.05) is 28.8 Å². The van der Waals surface area contributed by atoms with Crippen LogP contribution in [-0.2, 0) is 11.3 Å². The Balaban J connectivity index is 1.84. The molecule has 2 aromatic rings. The van der Waals surface area contributed by atoms with Crippen LogP contribution in [0.25, 0.3) is 10.9 Å². The van der Waals surface area contributed by atoms with Gasteiger partial charge in [-0.05, 0) is 23.6 Å². The lowest BCUT2D eigenvalue weighted by molar-refractivity contribution is -0.132. The van der Waals surface area contributed by atoms with Gasteiger partial charge >= 0.3 is 0 Å².